The first-order valence-corrected chi connectivity index (χ1v) is 8.60. The fourth-order valence-corrected chi connectivity index (χ4v) is 3.09. The Hall–Kier alpha value is -2.70. The van der Waals surface area contributed by atoms with Crippen molar-refractivity contribution in [1.29, 1.82) is 0 Å². The minimum absolute atomic E-state index is 0.0491. The standard InChI is InChI=1S/C18H23N5O2/c1-3-14-6-4-12(8-20-14)18(25)22-10-15-9-21-16-7-5-13(11-23(15)16)17(24)19-2/h4,6,8-9,13H,3,5,7,10-11H2,1-2H3,(H,19,24)(H,22,25). The number of nitrogens with one attached hydrogen (secondary N) is 2. The van der Waals surface area contributed by atoms with Gasteiger partial charge in [0.2, 0.25) is 5.91 Å². The molecule has 1 aliphatic rings. The van der Waals surface area contributed by atoms with Crippen LogP contribution in [0.2, 0.25) is 0 Å². The van der Waals surface area contributed by atoms with Crippen molar-refractivity contribution in [2.45, 2.75) is 39.3 Å². The Labute approximate surface area is 146 Å². The molecular weight excluding hydrogens is 318 g/mol. The van der Waals surface area contributed by atoms with Crippen LogP contribution >= 0.6 is 0 Å². The molecule has 3 rings (SSSR count). The van der Waals surface area contributed by atoms with Crippen LogP contribution in [0.5, 0.6) is 0 Å². The van der Waals surface area contributed by atoms with Crippen molar-refractivity contribution in [1.82, 2.24) is 25.2 Å². The Morgan fingerprint density at radius 1 is 1.28 bits per heavy atom. The molecule has 0 bridgehead atoms. The molecule has 0 fully saturated rings. The summed E-state index contributed by atoms with van der Waals surface area (Å²) < 4.78 is 2.04. The molecule has 0 saturated carbocycles. The molecule has 0 radical (unpaired) electrons. The van der Waals surface area contributed by atoms with Crippen LogP contribution in [0.25, 0.3) is 0 Å². The summed E-state index contributed by atoms with van der Waals surface area (Å²) >= 11 is 0. The number of imidazole rings is 1. The van der Waals surface area contributed by atoms with Crippen molar-refractivity contribution in [3.8, 4) is 0 Å². The first kappa shape index (κ1) is 17.1. The number of nitrogens with zero attached hydrogens (tertiary/aromatic N) is 3. The molecule has 7 nitrogen and oxygen atoms in total. The van der Waals surface area contributed by atoms with E-state index in [-0.39, 0.29) is 17.7 Å². The van der Waals surface area contributed by atoms with Gasteiger partial charge in [0, 0.05) is 31.9 Å². The predicted octanol–water partition coefficient (Wildman–Crippen LogP) is 1.08. The van der Waals surface area contributed by atoms with Gasteiger partial charge in [0.1, 0.15) is 5.82 Å². The maximum Gasteiger partial charge on any atom is 0.253 e. The second-order valence-corrected chi connectivity index (χ2v) is 6.20. The van der Waals surface area contributed by atoms with E-state index in [2.05, 4.69) is 20.6 Å². The molecule has 2 N–H and O–H groups in total. The Morgan fingerprint density at radius 2 is 2.12 bits per heavy atom. The van der Waals surface area contributed by atoms with Crippen LogP contribution in [0.3, 0.4) is 0 Å². The molecule has 1 aliphatic heterocycles. The lowest BCUT2D eigenvalue weighted by molar-refractivity contribution is -0.125. The molecule has 25 heavy (non-hydrogen) atoms. The third kappa shape index (κ3) is 3.70. The summed E-state index contributed by atoms with van der Waals surface area (Å²) in [6.45, 7) is 3.01. The van der Waals surface area contributed by atoms with Crippen molar-refractivity contribution in [2.75, 3.05) is 7.05 Å². The van der Waals surface area contributed by atoms with Crippen LogP contribution in [0.4, 0.5) is 0 Å². The van der Waals surface area contributed by atoms with Gasteiger partial charge in [-0.2, -0.15) is 0 Å². The average Bonchev–Trinajstić information content (AvgIpc) is 3.07. The van der Waals surface area contributed by atoms with Crippen LogP contribution in [-0.2, 0) is 30.7 Å². The van der Waals surface area contributed by atoms with Crippen LogP contribution in [-0.4, -0.2) is 33.4 Å². The Bertz CT molecular complexity index is 766. The fourth-order valence-electron chi connectivity index (χ4n) is 3.09. The highest BCUT2D eigenvalue weighted by molar-refractivity contribution is 5.93. The van der Waals surface area contributed by atoms with Crippen LogP contribution in [0, 0.1) is 5.92 Å². The Balaban J connectivity index is 1.65. The van der Waals surface area contributed by atoms with Gasteiger partial charge in [-0.1, -0.05) is 6.92 Å². The molecule has 0 aliphatic carbocycles. The molecule has 0 aromatic carbocycles. The molecule has 7 heteroatoms. The van der Waals surface area contributed by atoms with Crippen molar-refractivity contribution >= 4 is 11.8 Å². The molecule has 2 aromatic heterocycles. The number of aromatic nitrogens is 3. The number of aryl methyl sites for hydroxylation is 2. The number of carbonyl (C=O) groups excluding carboxylic acids is 2. The van der Waals surface area contributed by atoms with E-state index >= 15 is 0 Å². The quantitative estimate of drug-likeness (QED) is 0.852. The van der Waals surface area contributed by atoms with E-state index in [1.165, 1.54) is 0 Å². The lowest BCUT2D eigenvalue weighted by atomic mass is 9.98. The number of pyridine rings is 1. The molecule has 3 heterocycles. The molecule has 0 spiro atoms. The molecule has 2 aromatic rings. The van der Waals surface area contributed by atoms with Crippen LogP contribution in [0.1, 0.15) is 40.9 Å². The number of amides is 2. The molecule has 0 saturated heterocycles. The minimum atomic E-state index is -0.163. The highest BCUT2D eigenvalue weighted by Gasteiger charge is 2.26. The summed E-state index contributed by atoms with van der Waals surface area (Å²) in [5.74, 6) is 0.811. The smallest absolute Gasteiger partial charge is 0.253 e. The highest BCUT2D eigenvalue weighted by atomic mass is 16.2. The number of hydrogen-bond donors (Lipinski definition) is 2. The van der Waals surface area contributed by atoms with E-state index in [1.54, 1.807) is 25.5 Å². The van der Waals surface area contributed by atoms with Gasteiger partial charge in [-0.3, -0.25) is 14.6 Å². The minimum Gasteiger partial charge on any atom is -0.359 e. The second-order valence-electron chi connectivity index (χ2n) is 6.20. The van der Waals surface area contributed by atoms with Gasteiger partial charge in [-0.25, -0.2) is 4.98 Å². The zero-order valence-corrected chi connectivity index (χ0v) is 14.6. The monoisotopic (exact) mass is 341 g/mol. The number of carbonyl (C=O) groups is 2. The third-order valence-corrected chi connectivity index (χ3v) is 4.64. The van der Waals surface area contributed by atoms with Gasteiger partial charge in [0.05, 0.1) is 29.9 Å². The van der Waals surface area contributed by atoms with Gasteiger partial charge < -0.3 is 15.2 Å². The van der Waals surface area contributed by atoms with E-state index < -0.39 is 0 Å². The van der Waals surface area contributed by atoms with Gasteiger partial charge in [-0.05, 0) is 25.0 Å². The summed E-state index contributed by atoms with van der Waals surface area (Å²) in [6.07, 6.45) is 5.80. The maximum atomic E-state index is 12.3. The molecule has 2 amide bonds. The first-order valence-electron chi connectivity index (χ1n) is 8.60. The normalized spacial score (nSPS) is 16.2. The van der Waals surface area contributed by atoms with Gasteiger partial charge >= 0.3 is 0 Å². The van der Waals surface area contributed by atoms with Gasteiger partial charge in [0.15, 0.2) is 0 Å². The summed E-state index contributed by atoms with van der Waals surface area (Å²) in [7, 11) is 1.66. The summed E-state index contributed by atoms with van der Waals surface area (Å²) in [6, 6.07) is 3.65. The molecule has 132 valence electrons. The summed E-state index contributed by atoms with van der Waals surface area (Å²) in [5.41, 5.74) is 2.41. The van der Waals surface area contributed by atoms with E-state index in [0.29, 0.717) is 18.7 Å². The topological polar surface area (TPSA) is 88.9 Å². The number of hydrogen-bond acceptors (Lipinski definition) is 4. The Morgan fingerprint density at radius 3 is 2.80 bits per heavy atom. The zero-order valence-electron chi connectivity index (χ0n) is 14.6. The molecular formula is C18H23N5O2. The molecule has 1 atom stereocenters. The van der Waals surface area contributed by atoms with Crippen molar-refractivity contribution < 1.29 is 9.59 Å². The Kier molecular flexibility index (Phi) is 5.11. The maximum absolute atomic E-state index is 12.3. The first-order chi connectivity index (χ1) is 12.1. The summed E-state index contributed by atoms with van der Waals surface area (Å²) in [4.78, 5) is 32.8. The van der Waals surface area contributed by atoms with E-state index in [9.17, 15) is 9.59 Å². The van der Waals surface area contributed by atoms with Crippen molar-refractivity contribution in [2.24, 2.45) is 5.92 Å². The summed E-state index contributed by atoms with van der Waals surface area (Å²) in [5, 5.41) is 5.62. The number of rotatable bonds is 5. The zero-order chi connectivity index (χ0) is 17.8. The van der Waals surface area contributed by atoms with E-state index in [0.717, 1.165) is 36.5 Å². The van der Waals surface area contributed by atoms with Crippen LogP contribution < -0.4 is 10.6 Å². The largest absolute Gasteiger partial charge is 0.359 e. The van der Waals surface area contributed by atoms with Gasteiger partial charge in [-0.15, -0.1) is 0 Å². The fraction of sp³-hybridized carbons (Fsp3) is 0.444. The van der Waals surface area contributed by atoms with Gasteiger partial charge in [0.25, 0.3) is 5.91 Å². The van der Waals surface area contributed by atoms with Crippen LogP contribution in [0.15, 0.2) is 24.5 Å². The predicted molar refractivity (Wildman–Crippen MR) is 92.9 cm³/mol. The molecule has 1 unspecified atom stereocenters. The second kappa shape index (κ2) is 7.46. The number of fused-ring (bicyclic) bond motifs is 1. The lowest BCUT2D eigenvalue weighted by Crippen LogP contribution is -2.35. The van der Waals surface area contributed by atoms with E-state index in [1.807, 2.05) is 17.6 Å². The average molecular weight is 341 g/mol. The SMILES string of the molecule is CCc1ccc(C(=O)NCc2cnc3n2CC(C(=O)NC)CC3)cn1. The highest BCUT2D eigenvalue weighted by Crippen LogP contribution is 2.21. The van der Waals surface area contributed by atoms with Crippen molar-refractivity contribution in [3.05, 3.63) is 47.3 Å². The van der Waals surface area contributed by atoms with E-state index in [4.69, 9.17) is 0 Å². The van der Waals surface area contributed by atoms with Crippen molar-refractivity contribution in [3.63, 3.8) is 0 Å². The third-order valence-electron chi connectivity index (χ3n) is 4.64. The lowest BCUT2D eigenvalue weighted by Gasteiger charge is -2.24.